The van der Waals surface area contributed by atoms with Crippen LogP contribution in [0.3, 0.4) is 0 Å². The van der Waals surface area contributed by atoms with Crippen molar-refractivity contribution in [3.63, 3.8) is 0 Å². The summed E-state index contributed by atoms with van der Waals surface area (Å²) < 4.78 is 10.1. The van der Waals surface area contributed by atoms with Crippen LogP contribution in [0.25, 0.3) is 0 Å². The average Bonchev–Trinajstić information content (AvgIpc) is 2.58. The number of nitrogens with zero attached hydrogens (tertiary/aromatic N) is 3. The van der Waals surface area contributed by atoms with Crippen molar-refractivity contribution < 1.29 is 4.74 Å². The topological polar surface area (TPSA) is 38.2 Å². The molecular formula is C9H14ClN3OS. The second-order valence-electron chi connectivity index (χ2n) is 3.92. The zero-order chi connectivity index (χ0) is 10.8. The molecule has 1 fully saturated rings. The number of morpholine rings is 1. The molecule has 0 bridgehead atoms. The Morgan fingerprint density at radius 2 is 2.40 bits per heavy atom. The summed E-state index contributed by atoms with van der Waals surface area (Å²) in [6, 6.07) is 0.416. The zero-order valence-corrected chi connectivity index (χ0v) is 10.4. The Morgan fingerprint density at radius 3 is 3.07 bits per heavy atom. The molecule has 0 spiro atoms. The van der Waals surface area contributed by atoms with E-state index in [1.807, 2.05) is 0 Å². The molecule has 84 valence electrons. The monoisotopic (exact) mass is 247 g/mol. The molecule has 2 atom stereocenters. The summed E-state index contributed by atoms with van der Waals surface area (Å²) in [7, 11) is 0. The minimum Gasteiger partial charge on any atom is -0.376 e. The van der Waals surface area contributed by atoms with E-state index in [9.17, 15) is 0 Å². The van der Waals surface area contributed by atoms with Crippen LogP contribution in [-0.4, -0.2) is 39.8 Å². The van der Waals surface area contributed by atoms with E-state index in [4.69, 9.17) is 16.3 Å². The van der Waals surface area contributed by atoms with Gasteiger partial charge in [0.05, 0.1) is 12.7 Å². The van der Waals surface area contributed by atoms with Crippen molar-refractivity contribution in [3.05, 3.63) is 10.0 Å². The fourth-order valence-corrected chi connectivity index (χ4v) is 2.29. The summed E-state index contributed by atoms with van der Waals surface area (Å²) in [5.74, 6) is 0. The SMILES string of the molecule is C[C@@H]1CO[C@@H](C)CN1Cc1nnsc1Cl. The lowest BCUT2D eigenvalue weighted by atomic mass is 10.2. The van der Waals surface area contributed by atoms with Crippen molar-refractivity contribution in [2.24, 2.45) is 0 Å². The highest BCUT2D eigenvalue weighted by molar-refractivity contribution is 7.10. The molecule has 0 aromatic carbocycles. The van der Waals surface area contributed by atoms with E-state index in [1.54, 1.807) is 0 Å². The van der Waals surface area contributed by atoms with E-state index < -0.39 is 0 Å². The highest BCUT2D eigenvalue weighted by atomic mass is 35.5. The fraction of sp³-hybridized carbons (Fsp3) is 0.778. The maximum Gasteiger partial charge on any atom is 0.138 e. The molecule has 0 saturated carbocycles. The Kier molecular flexibility index (Phi) is 3.56. The van der Waals surface area contributed by atoms with Crippen molar-refractivity contribution in [2.75, 3.05) is 13.2 Å². The van der Waals surface area contributed by atoms with E-state index in [-0.39, 0.29) is 6.10 Å². The maximum atomic E-state index is 5.98. The molecule has 2 rings (SSSR count). The highest BCUT2D eigenvalue weighted by Crippen LogP contribution is 2.21. The third-order valence-corrected chi connectivity index (χ3v) is 3.58. The van der Waals surface area contributed by atoms with Crippen LogP contribution in [0, 0.1) is 0 Å². The van der Waals surface area contributed by atoms with E-state index in [0.29, 0.717) is 10.4 Å². The minimum atomic E-state index is 0.284. The highest BCUT2D eigenvalue weighted by Gasteiger charge is 2.24. The van der Waals surface area contributed by atoms with E-state index >= 15 is 0 Å². The van der Waals surface area contributed by atoms with Gasteiger partial charge in [-0.3, -0.25) is 4.90 Å². The number of aromatic nitrogens is 2. The summed E-state index contributed by atoms with van der Waals surface area (Å²) in [4.78, 5) is 2.33. The van der Waals surface area contributed by atoms with E-state index in [1.165, 1.54) is 11.5 Å². The van der Waals surface area contributed by atoms with Gasteiger partial charge < -0.3 is 4.74 Å². The lowest BCUT2D eigenvalue weighted by Gasteiger charge is -2.36. The molecule has 2 heterocycles. The molecule has 0 amide bonds. The molecule has 0 radical (unpaired) electrons. The molecule has 1 aliphatic heterocycles. The smallest absolute Gasteiger partial charge is 0.138 e. The van der Waals surface area contributed by atoms with E-state index in [2.05, 4.69) is 28.3 Å². The molecule has 0 unspecified atom stereocenters. The van der Waals surface area contributed by atoms with Gasteiger partial charge >= 0.3 is 0 Å². The Bertz CT molecular complexity index is 333. The molecular weight excluding hydrogens is 234 g/mol. The zero-order valence-electron chi connectivity index (χ0n) is 8.81. The number of rotatable bonds is 2. The standard InChI is InChI=1S/C9H14ClN3OS/c1-6-5-14-7(2)3-13(6)4-8-9(10)15-12-11-8/h6-7H,3-5H2,1-2H3/t6-,7+/m1/s1. The quantitative estimate of drug-likeness (QED) is 0.799. The van der Waals surface area contributed by atoms with Gasteiger partial charge in [0.2, 0.25) is 0 Å². The molecule has 0 N–H and O–H groups in total. The van der Waals surface area contributed by atoms with Gasteiger partial charge in [0.15, 0.2) is 0 Å². The molecule has 0 aliphatic carbocycles. The van der Waals surface area contributed by atoms with Gasteiger partial charge in [0.1, 0.15) is 10.0 Å². The third-order valence-electron chi connectivity index (χ3n) is 2.60. The van der Waals surface area contributed by atoms with Crippen molar-refractivity contribution in [2.45, 2.75) is 32.5 Å². The predicted molar refractivity (Wildman–Crippen MR) is 60.2 cm³/mol. The predicted octanol–water partition coefficient (Wildman–Crippen LogP) is 1.80. The van der Waals surface area contributed by atoms with Crippen LogP contribution in [0.2, 0.25) is 4.34 Å². The first-order chi connectivity index (χ1) is 7.16. The van der Waals surface area contributed by atoms with Gasteiger partial charge in [-0.15, -0.1) is 5.10 Å². The third kappa shape index (κ3) is 2.66. The molecule has 1 saturated heterocycles. The van der Waals surface area contributed by atoms with Crippen molar-refractivity contribution in [1.29, 1.82) is 0 Å². The largest absolute Gasteiger partial charge is 0.376 e. The maximum absolute atomic E-state index is 5.98. The first-order valence-electron chi connectivity index (χ1n) is 4.99. The number of hydrogen-bond acceptors (Lipinski definition) is 5. The number of halogens is 1. The normalized spacial score (nSPS) is 28.2. The molecule has 6 heteroatoms. The molecule has 4 nitrogen and oxygen atoms in total. The lowest BCUT2D eigenvalue weighted by molar-refractivity contribution is -0.0530. The molecule has 1 aromatic rings. The van der Waals surface area contributed by atoms with Crippen LogP contribution in [0.1, 0.15) is 19.5 Å². The van der Waals surface area contributed by atoms with Gasteiger partial charge in [-0.05, 0) is 13.8 Å². The Morgan fingerprint density at radius 1 is 1.60 bits per heavy atom. The number of ether oxygens (including phenoxy) is 1. The van der Waals surface area contributed by atoms with Gasteiger partial charge in [-0.1, -0.05) is 16.1 Å². The molecule has 1 aliphatic rings. The minimum absolute atomic E-state index is 0.284. The summed E-state index contributed by atoms with van der Waals surface area (Å²) in [5, 5.41) is 4.02. The van der Waals surface area contributed by atoms with Crippen molar-refractivity contribution in [1.82, 2.24) is 14.5 Å². The molecule has 1 aromatic heterocycles. The van der Waals surface area contributed by atoms with Crippen molar-refractivity contribution in [3.8, 4) is 0 Å². The van der Waals surface area contributed by atoms with Crippen LogP contribution >= 0.6 is 23.1 Å². The van der Waals surface area contributed by atoms with Crippen molar-refractivity contribution >= 4 is 23.1 Å². The fourth-order valence-electron chi connectivity index (χ4n) is 1.68. The Labute approximate surface area is 98.3 Å². The van der Waals surface area contributed by atoms with E-state index in [0.717, 1.165) is 25.4 Å². The summed E-state index contributed by atoms with van der Waals surface area (Å²) in [6.45, 7) is 6.70. The number of hydrogen-bond donors (Lipinski definition) is 0. The second kappa shape index (κ2) is 4.74. The average molecular weight is 248 g/mol. The van der Waals surface area contributed by atoms with Gasteiger partial charge in [0.25, 0.3) is 0 Å². The lowest BCUT2D eigenvalue weighted by Crippen LogP contribution is -2.46. The van der Waals surface area contributed by atoms with Gasteiger partial charge in [0, 0.05) is 30.7 Å². The summed E-state index contributed by atoms with van der Waals surface area (Å²) in [5.41, 5.74) is 0.877. The summed E-state index contributed by atoms with van der Waals surface area (Å²) in [6.07, 6.45) is 0.284. The van der Waals surface area contributed by atoms with Crippen LogP contribution in [-0.2, 0) is 11.3 Å². The van der Waals surface area contributed by atoms with Crippen LogP contribution in [0.4, 0.5) is 0 Å². The second-order valence-corrected chi connectivity index (χ2v) is 5.27. The summed E-state index contributed by atoms with van der Waals surface area (Å²) >= 11 is 7.22. The first kappa shape index (κ1) is 11.3. The first-order valence-corrected chi connectivity index (χ1v) is 6.14. The van der Waals surface area contributed by atoms with Crippen LogP contribution < -0.4 is 0 Å². The Hall–Kier alpha value is -0.230. The van der Waals surface area contributed by atoms with Crippen LogP contribution in [0.15, 0.2) is 0 Å². The van der Waals surface area contributed by atoms with Gasteiger partial charge in [-0.2, -0.15) is 0 Å². The Balaban J connectivity index is 2.01. The molecule has 15 heavy (non-hydrogen) atoms. The van der Waals surface area contributed by atoms with Crippen LogP contribution in [0.5, 0.6) is 0 Å². The van der Waals surface area contributed by atoms with Gasteiger partial charge in [-0.25, -0.2) is 0 Å².